The highest BCUT2D eigenvalue weighted by molar-refractivity contribution is 6.19. The zero-order chi connectivity index (χ0) is 9.90. The quantitative estimate of drug-likeness (QED) is 0.549. The van der Waals surface area contributed by atoms with E-state index in [0.29, 0.717) is 5.88 Å². The Labute approximate surface area is 85.1 Å². The molecular weight excluding hydrogens is 184 g/mol. The minimum absolute atomic E-state index is 0.108. The van der Waals surface area contributed by atoms with E-state index in [-0.39, 0.29) is 5.92 Å². The molecule has 0 aromatic carbocycles. The minimum atomic E-state index is -0.760. The average molecular weight is 201 g/mol. The Balaban J connectivity index is 2.78. The summed E-state index contributed by atoms with van der Waals surface area (Å²) < 4.78 is 0. The molecule has 1 saturated carbocycles. The fraction of sp³-hybridized carbons (Fsp3) is 0.636. The van der Waals surface area contributed by atoms with Crippen LogP contribution in [-0.4, -0.2) is 16.6 Å². The second kappa shape index (κ2) is 4.30. The molecule has 0 spiro atoms. The molecule has 0 aromatic heterocycles. The van der Waals surface area contributed by atoms with Gasteiger partial charge in [-0.2, -0.15) is 0 Å². The molecule has 2 atom stereocenters. The molecule has 2 heteroatoms. The second-order valence-corrected chi connectivity index (χ2v) is 4.05. The number of hydrogen-bond acceptors (Lipinski definition) is 1. The fourth-order valence-electron chi connectivity index (χ4n) is 2.08. The summed E-state index contributed by atoms with van der Waals surface area (Å²) in [5.74, 6) is 0.539. The van der Waals surface area contributed by atoms with Crippen molar-refractivity contribution in [2.24, 2.45) is 5.92 Å². The Morgan fingerprint density at radius 1 is 1.62 bits per heavy atom. The monoisotopic (exact) mass is 200 g/mol. The number of alkyl halides is 1. The predicted molar refractivity (Wildman–Crippen MR) is 57.0 cm³/mol. The summed E-state index contributed by atoms with van der Waals surface area (Å²) in [6.07, 6.45) is 5.63. The van der Waals surface area contributed by atoms with E-state index in [9.17, 15) is 5.11 Å². The van der Waals surface area contributed by atoms with Crippen LogP contribution in [0.2, 0.25) is 0 Å². The molecule has 2 unspecified atom stereocenters. The summed E-state index contributed by atoms with van der Waals surface area (Å²) in [6, 6.07) is 0. The van der Waals surface area contributed by atoms with Crippen LogP contribution in [-0.2, 0) is 0 Å². The lowest BCUT2D eigenvalue weighted by Crippen LogP contribution is -2.39. The Morgan fingerprint density at radius 3 is 2.85 bits per heavy atom. The van der Waals surface area contributed by atoms with E-state index >= 15 is 0 Å². The first-order chi connectivity index (χ1) is 6.14. The highest BCUT2D eigenvalue weighted by Gasteiger charge is 2.37. The molecule has 1 nitrogen and oxygen atoms in total. The van der Waals surface area contributed by atoms with Crippen LogP contribution in [0.5, 0.6) is 0 Å². The Kier molecular flexibility index (Phi) is 3.57. The normalized spacial score (nSPS) is 34.2. The Bertz CT molecular complexity index is 212. The molecule has 13 heavy (non-hydrogen) atoms. The topological polar surface area (TPSA) is 20.2 Å². The molecule has 0 amide bonds. The van der Waals surface area contributed by atoms with E-state index in [1.54, 1.807) is 6.08 Å². The minimum Gasteiger partial charge on any atom is -0.385 e. The van der Waals surface area contributed by atoms with Gasteiger partial charge in [-0.15, -0.1) is 18.2 Å². The third kappa shape index (κ3) is 2.15. The maximum atomic E-state index is 10.2. The third-order valence-corrected chi connectivity index (χ3v) is 3.28. The highest BCUT2D eigenvalue weighted by Crippen LogP contribution is 2.38. The van der Waals surface area contributed by atoms with Crippen LogP contribution in [0.15, 0.2) is 24.8 Å². The van der Waals surface area contributed by atoms with E-state index in [1.807, 2.05) is 0 Å². The van der Waals surface area contributed by atoms with Crippen LogP contribution in [0, 0.1) is 5.92 Å². The van der Waals surface area contributed by atoms with Crippen molar-refractivity contribution in [1.82, 2.24) is 0 Å². The van der Waals surface area contributed by atoms with Gasteiger partial charge in [0.2, 0.25) is 0 Å². The maximum absolute atomic E-state index is 10.2. The summed E-state index contributed by atoms with van der Waals surface area (Å²) in [5, 5.41) is 10.2. The first kappa shape index (κ1) is 10.8. The summed E-state index contributed by atoms with van der Waals surface area (Å²) in [5.41, 5.74) is 0.174. The number of aliphatic hydroxyl groups is 1. The molecule has 74 valence electrons. The zero-order valence-corrected chi connectivity index (χ0v) is 8.69. The molecule has 1 aliphatic carbocycles. The molecule has 1 fully saturated rings. The van der Waals surface area contributed by atoms with Crippen LogP contribution in [0.25, 0.3) is 0 Å². The van der Waals surface area contributed by atoms with Crippen molar-refractivity contribution in [2.45, 2.75) is 31.3 Å². The number of rotatable bonds is 3. The Hall–Kier alpha value is -0.270. The molecule has 0 saturated heterocycles. The summed E-state index contributed by atoms with van der Waals surface area (Å²) in [7, 11) is 0. The number of halogens is 1. The zero-order valence-electron chi connectivity index (χ0n) is 7.93. The average Bonchev–Trinajstić information content (AvgIpc) is 2.17. The van der Waals surface area contributed by atoms with Crippen molar-refractivity contribution in [3.63, 3.8) is 0 Å². The predicted octanol–water partition coefficient (Wildman–Crippen LogP) is 2.89. The molecule has 1 rings (SSSR count). The van der Waals surface area contributed by atoms with Gasteiger partial charge in [0.25, 0.3) is 0 Å². The van der Waals surface area contributed by atoms with Gasteiger partial charge in [0.05, 0.1) is 5.60 Å². The van der Waals surface area contributed by atoms with E-state index in [0.717, 1.165) is 31.3 Å². The van der Waals surface area contributed by atoms with Crippen molar-refractivity contribution in [3.8, 4) is 0 Å². The molecule has 1 aliphatic rings. The summed E-state index contributed by atoms with van der Waals surface area (Å²) in [6.45, 7) is 7.59. The van der Waals surface area contributed by atoms with Crippen molar-refractivity contribution in [1.29, 1.82) is 0 Å². The van der Waals surface area contributed by atoms with Gasteiger partial charge in [-0.1, -0.05) is 31.1 Å². The molecule has 0 aromatic rings. The van der Waals surface area contributed by atoms with Gasteiger partial charge in [-0.05, 0) is 12.8 Å². The summed E-state index contributed by atoms with van der Waals surface area (Å²) in [4.78, 5) is 0. The van der Waals surface area contributed by atoms with Crippen molar-refractivity contribution in [3.05, 3.63) is 24.8 Å². The van der Waals surface area contributed by atoms with Gasteiger partial charge >= 0.3 is 0 Å². The third-order valence-electron chi connectivity index (χ3n) is 2.94. The fourth-order valence-corrected chi connectivity index (χ4v) is 2.26. The standard InChI is InChI=1S/C11H17ClO/c1-3-11(13)7-5-4-6-10(11)9(2)8-12/h3,10,13H,1-2,4-8H2. The lowest BCUT2D eigenvalue weighted by Gasteiger charge is -2.38. The molecular formula is C11H17ClO. The van der Waals surface area contributed by atoms with Gasteiger partial charge < -0.3 is 5.11 Å². The van der Waals surface area contributed by atoms with Crippen LogP contribution < -0.4 is 0 Å². The van der Waals surface area contributed by atoms with Gasteiger partial charge in [0.1, 0.15) is 0 Å². The van der Waals surface area contributed by atoms with Crippen LogP contribution in [0.3, 0.4) is 0 Å². The van der Waals surface area contributed by atoms with E-state index in [4.69, 9.17) is 11.6 Å². The van der Waals surface area contributed by atoms with Crippen molar-refractivity contribution >= 4 is 11.6 Å². The largest absolute Gasteiger partial charge is 0.385 e. The van der Waals surface area contributed by atoms with E-state index < -0.39 is 5.60 Å². The van der Waals surface area contributed by atoms with Gasteiger partial charge in [0, 0.05) is 11.8 Å². The molecule has 0 aliphatic heterocycles. The van der Waals surface area contributed by atoms with Crippen molar-refractivity contribution < 1.29 is 5.11 Å². The van der Waals surface area contributed by atoms with Gasteiger partial charge in [-0.3, -0.25) is 0 Å². The molecule has 1 N–H and O–H groups in total. The lowest BCUT2D eigenvalue weighted by molar-refractivity contribution is 0.0117. The highest BCUT2D eigenvalue weighted by atomic mass is 35.5. The van der Waals surface area contributed by atoms with Crippen molar-refractivity contribution in [2.75, 3.05) is 5.88 Å². The first-order valence-corrected chi connectivity index (χ1v) is 5.27. The van der Waals surface area contributed by atoms with E-state index in [1.165, 1.54) is 0 Å². The second-order valence-electron chi connectivity index (χ2n) is 3.79. The SMILES string of the molecule is C=CC1(O)CCCCC1C(=C)CCl. The number of hydrogen-bond donors (Lipinski definition) is 1. The smallest absolute Gasteiger partial charge is 0.0890 e. The summed E-state index contributed by atoms with van der Waals surface area (Å²) >= 11 is 5.72. The Morgan fingerprint density at radius 2 is 2.31 bits per heavy atom. The maximum Gasteiger partial charge on any atom is 0.0890 e. The molecule has 0 heterocycles. The van der Waals surface area contributed by atoms with Gasteiger partial charge in [0.15, 0.2) is 0 Å². The lowest BCUT2D eigenvalue weighted by atomic mass is 9.72. The van der Waals surface area contributed by atoms with E-state index in [2.05, 4.69) is 13.2 Å². The first-order valence-electron chi connectivity index (χ1n) is 4.73. The molecule has 0 radical (unpaired) electrons. The van der Waals surface area contributed by atoms with Crippen LogP contribution in [0.4, 0.5) is 0 Å². The molecule has 0 bridgehead atoms. The van der Waals surface area contributed by atoms with Gasteiger partial charge in [-0.25, -0.2) is 0 Å². The van der Waals surface area contributed by atoms with Crippen LogP contribution >= 0.6 is 11.6 Å². The van der Waals surface area contributed by atoms with Crippen LogP contribution in [0.1, 0.15) is 25.7 Å².